The fraction of sp³-hybridized carbons (Fsp3) is 0.355. The lowest BCUT2D eigenvalue weighted by Gasteiger charge is -2.35. The quantitative estimate of drug-likeness (QED) is 0.175. The average molecular weight is 658 g/mol. The molecule has 2 bridgehead atoms. The maximum Gasteiger partial charge on any atom is 0.272 e. The van der Waals surface area contributed by atoms with E-state index in [1.807, 2.05) is 6.92 Å². The number of alkyl halides is 2. The van der Waals surface area contributed by atoms with Gasteiger partial charge in [-0.25, -0.2) is 14.6 Å². The summed E-state index contributed by atoms with van der Waals surface area (Å²) < 4.78 is 29.7. The van der Waals surface area contributed by atoms with Gasteiger partial charge in [-0.15, -0.1) is 0 Å². The number of hydrogen-bond acceptors (Lipinski definition) is 7. The number of benzene rings is 1. The van der Waals surface area contributed by atoms with Gasteiger partial charge in [0.25, 0.3) is 5.92 Å². The maximum atomic E-state index is 14.2. The summed E-state index contributed by atoms with van der Waals surface area (Å²) in [6.45, 7) is 2.20. The van der Waals surface area contributed by atoms with E-state index >= 15 is 0 Å². The molecule has 2 aromatic heterocycles. The third-order valence-electron chi connectivity index (χ3n) is 8.52. The smallest absolute Gasteiger partial charge is 0.272 e. The van der Waals surface area contributed by atoms with Crippen molar-refractivity contribution >= 4 is 52.0 Å². The minimum absolute atomic E-state index is 0.0108. The molecule has 45 heavy (non-hydrogen) atoms. The number of nitrogens with two attached hydrogens (primary N) is 2. The molecule has 0 spiro atoms. The normalized spacial score (nSPS) is 23.3. The lowest BCUT2D eigenvalue weighted by molar-refractivity contribution is -0.129. The second-order valence-electron chi connectivity index (χ2n) is 11.7. The molecule has 0 radical (unpaired) electrons. The molecule has 3 aliphatic rings. The van der Waals surface area contributed by atoms with E-state index < -0.39 is 18.0 Å². The topological polar surface area (TPSA) is 135 Å². The number of carbonyl (C=O) groups is 2. The molecule has 1 aromatic carbocycles. The summed E-state index contributed by atoms with van der Waals surface area (Å²) in [5, 5.41) is 8.89. The first-order valence-corrected chi connectivity index (χ1v) is 15.4. The number of fused-ring (bicyclic) bond motifs is 4. The zero-order valence-electron chi connectivity index (χ0n) is 24.4. The van der Waals surface area contributed by atoms with Gasteiger partial charge in [-0.05, 0) is 55.2 Å². The van der Waals surface area contributed by atoms with Gasteiger partial charge in [-0.1, -0.05) is 36.5 Å². The third-order valence-corrected chi connectivity index (χ3v) is 8.86. The van der Waals surface area contributed by atoms with Gasteiger partial charge in [-0.3, -0.25) is 24.3 Å². The van der Waals surface area contributed by atoms with Gasteiger partial charge in [0.1, 0.15) is 11.2 Å². The number of halogens is 4. The van der Waals surface area contributed by atoms with E-state index in [4.69, 9.17) is 34.8 Å². The second kappa shape index (κ2) is 12.1. The van der Waals surface area contributed by atoms with Crippen molar-refractivity contribution in [2.24, 2.45) is 17.5 Å². The van der Waals surface area contributed by atoms with Gasteiger partial charge in [0.2, 0.25) is 11.8 Å². The molecule has 0 saturated heterocycles. The van der Waals surface area contributed by atoms with Crippen LogP contribution in [0.2, 0.25) is 5.02 Å². The van der Waals surface area contributed by atoms with Crippen LogP contribution in [0.15, 0.2) is 60.2 Å². The van der Waals surface area contributed by atoms with Crippen molar-refractivity contribution in [2.75, 3.05) is 16.9 Å². The van der Waals surface area contributed by atoms with Crippen LogP contribution >= 0.6 is 23.2 Å². The van der Waals surface area contributed by atoms with Crippen molar-refractivity contribution in [1.29, 1.82) is 0 Å². The number of carbonyl (C=O) groups excluding carboxylic acids is 2. The summed E-state index contributed by atoms with van der Waals surface area (Å²) in [6.07, 6.45) is 7.88. The van der Waals surface area contributed by atoms with Gasteiger partial charge < -0.3 is 16.0 Å². The van der Waals surface area contributed by atoms with Crippen molar-refractivity contribution in [1.82, 2.24) is 19.7 Å². The Kier molecular flexibility index (Phi) is 8.31. The number of rotatable bonds is 5. The molecule has 4 heterocycles. The predicted octanol–water partition coefficient (Wildman–Crippen LogP) is 5.97. The molecular formula is C31H32Cl2F2N8O2. The van der Waals surface area contributed by atoms with Crippen LogP contribution in [-0.4, -0.2) is 43.9 Å². The van der Waals surface area contributed by atoms with Crippen LogP contribution in [0.1, 0.15) is 62.4 Å². The molecule has 2 aliphatic heterocycles. The number of nitrogens with zero attached hydrogens (tertiary/aromatic N) is 5. The first kappa shape index (κ1) is 31.0. The van der Waals surface area contributed by atoms with E-state index in [1.54, 1.807) is 47.5 Å². The molecule has 3 atom stereocenters. The number of anilines is 2. The minimum Gasteiger partial charge on any atom is -0.388 e. The molecule has 1 aliphatic carbocycles. The van der Waals surface area contributed by atoms with Crippen LogP contribution < -0.4 is 21.9 Å². The summed E-state index contributed by atoms with van der Waals surface area (Å²) in [4.78, 5) is 33.3. The van der Waals surface area contributed by atoms with Crippen LogP contribution in [0, 0.1) is 5.92 Å². The SMILES string of the molecule is CC1CCCC(N2CCC(c3cc(Cl)ccc3N(N)/C=C(\N)Cl)=CC2=O)c2cc(ccn2)-c2c(cnn2C2CC2(F)F)NC1=O. The Morgan fingerprint density at radius 2 is 2.00 bits per heavy atom. The molecule has 5 N–H and O–H groups in total. The van der Waals surface area contributed by atoms with Crippen LogP contribution in [0.3, 0.4) is 0 Å². The van der Waals surface area contributed by atoms with Crippen LogP contribution in [0.4, 0.5) is 20.2 Å². The fourth-order valence-electron chi connectivity index (χ4n) is 6.06. The van der Waals surface area contributed by atoms with E-state index in [-0.39, 0.29) is 29.3 Å². The Morgan fingerprint density at radius 3 is 2.71 bits per heavy atom. The highest BCUT2D eigenvalue weighted by Gasteiger charge is 2.59. The highest BCUT2D eigenvalue weighted by atomic mass is 35.5. The zero-order valence-corrected chi connectivity index (χ0v) is 25.9. The van der Waals surface area contributed by atoms with Gasteiger partial charge >= 0.3 is 0 Å². The first-order valence-electron chi connectivity index (χ1n) is 14.6. The molecule has 1 saturated carbocycles. The number of amides is 2. The van der Waals surface area contributed by atoms with Crippen LogP contribution in [0.5, 0.6) is 0 Å². The molecule has 10 nitrogen and oxygen atoms in total. The lowest BCUT2D eigenvalue weighted by Crippen LogP contribution is -2.38. The molecule has 3 unspecified atom stereocenters. The van der Waals surface area contributed by atoms with Gasteiger partial charge in [0, 0.05) is 47.3 Å². The first-order chi connectivity index (χ1) is 21.4. The number of nitrogens with one attached hydrogen (secondary N) is 1. The molecule has 236 valence electrons. The van der Waals surface area contributed by atoms with E-state index in [9.17, 15) is 18.4 Å². The second-order valence-corrected chi connectivity index (χ2v) is 12.5. The Hall–Kier alpha value is -4.00. The molecule has 3 aromatic rings. The molecule has 1 fully saturated rings. The maximum absolute atomic E-state index is 14.2. The Balaban J connectivity index is 1.37. The van der Waals surface area contributed by atoms with E-state index in [1.165, 1.54) is 22.1 Å². The molecule has 6 rings (SSSR count). The number of hydrogen-bond donors (Lipinski definition) is 3. The summed E-state index contributed by atoms with van der Waals surface area (Å²) in [6, 6.07) is 7.13. The summed E-state index contributed by atoms with van der Waals surface area (Å²) >= 11 is 12.2. The Labute approximate surface area is 268 Å². The summed E-state index contributed by atoms with van der Waals surface area (Å²) in [7, 11) is 0. The third kappa shape index (κ3) is 6.27. The van der Waals surface area contributed by atoms with Gasteiger partial charge in [0.05, 0.1) is 41.2 Å². The van der Waals surface area contributed by atoms with E-state index in [2.05, 4.69) is 15.4 Å². The van der Waals surface area contributed by atoms with Gasteiger partial charge in [0.15, 0.2) is 0 Å². The average Bonchev–Trinajstić information content (AvgIpc) is 3.43. The largest absolute Gasteiger partial charge is 0.388 e. The predicted molar refractivity (Wildman–Crippen MR) is 169 cm³/mol. The molecule has 2 amide bonds. The highest BCUT2D eigenvalue weighted by Crippen LogP contribution is 2.54. The Morgan fingerprint density at radius 1 is 1.22 bits per heavy atom. The standard InChI is InChI=1S/C31H32Cl2F2N8O2/c1-17-3-2-4-25(41-10-8-18(12-28(41)44)21-13-20(32)5-6-24(21)42(37)16-27(33)36)22-11-19(7-9-38-22)29-23(40-30(17)45)15-39-43(29)26-14-31(26,34)35/h5-7,9,11-13,15-17,25-26H,2-4,8,10,14,36-37H2,1H3,(H,40,45)/b27-16-. The lowest BCUT2D eigenvalue weighted by atomic mass is 9.93. The van der Waals surface area contributed by atoms with Crippen molar-refractivity contribution in [3.63, 3.8) is 0 Å². The highest BCUT2D eigenvalue weighted by molar-refractivity contribution is 6.31. The monoisotopic (exact) mass is 656 g/mol. The van der Waals surface area contributed by atoms with E-state index in [0.29, 0.717) is 71.1 Å². The summed E-state index contributed by atoms with van der Waals surface area (Å²) in [5.74, 6) is 2.52. The number of aromatic nitrogens is 3. The molecular weight excluding hydrogens is 625 g/mol. The Bertz CT molecular complexity index is 1720. The van der Waals surface area contributed by atoms with Crippen molar-refractivity contribution in [3.8, 4) is 11.3 Å². The van der Waals surface area contributed by atoms with E-state index in [0.717, 1.165) is 5.57 Å². The zero-order chi connectivity index (χ0) is 32.0. The molecule has 14 heteroatoms. The van der Waals surface area contributed by atoms with Crippen LogP contribution in [-0.2, 0) is 9.59 Å². The summed E-state index contributed by atoms with van der Waals surface area (Å²) in [5.41, 5.74) is 9.54. The van der Waals surface area contributed by atoms with Crippen molar-refractivity contribution < 1.29 is 18.4 Å². The van der Waals surface area contributed by atoms with Crippen molar-refractivity contribution in [3.05, 3.63) is 76.4 Å². The van der Waals surface area contributed by atoms with Crippen molar-refractivity contribution in [2.45, 2.75) is 57.0 Å². The number of hydrazine groups is 1. The number of pyridine rings is 1. The minimum atomic E-state index is -2.87. The fourth-order valence-corrected chi connectivity index (χ4v) is 6.34. The van der Waals surface area contributed by atoms with Crippen LogP contribution in [0.25, 0.3) is 16.8 Å². The van der Waals surface area contributed by atoms with Gasteiger partial charge in [-0.2, -0.15) is 5.10 Å².